The van der Waals surface area contributed by atoms with Crippen LogP contribution >= 0.6 is 0 Å². The fraction of sp³-hybridized carbons (Fsp3) is 0.188. The lowest BCUT2D eigenvalue weighted by molar-refractivity contribution is -0.686. The molecule has 0 amide bonds. The van der Waals surface area contributed by atoms with Crippen molar-refractivity contribution in [2.75, 3.05) is 19.0 Å². The number of benzene rings is 1. The molecule has 0 N–H and O–H groups in total. The van der Waals surface area contributed by atoms with Crippen molar-refractivity contribution in [2.45, 2.75) is 6.54 Å². The van der Waals surface area contributed by atoms with Crippen molar-refractivity contribution in [3.63, 3.8) is 0 Å². The molecular weight excluding hydrogens is 347 g/mol. The van der Waals surface area contributed by atoms with Crippen LogP contribution in [0, 0.1) is 0 Å². The van der Waals surface area contributed by atoms with Crippen molar-refractivity contribution < 1.29 is 28.5 Å². The highest BCUT2D eigenvalue weighted by Crippen LogP contribution is 2.12. The van der Waals surface area contributed by atoms with Crippen LogP contribution < -0.4 is 33.4 Å². The van der Waals surface area contributed by atoms with Crippen molar-refractivity contribution in [2.24, 2.45) is 0 Å². The monoisotopic (exact) mass is 366 g/mol. The summed E-state index contributed by atoms with van der Waals surface area (Å²) in [6.07, 6.45) is 8.46. The number of rotatable bonds is 4. The first-order valence-corrected chi connectivity index (χ1v) is 6.14. The third kappa shape index (κ3) is 5.03. The Bertz CT molecular complexity index is 504. The Kier molecular flexibility index (Phi) is 6.56. The van der Waals surface area contributed by atoms with Gasteiger partial charge in [0.25, 0.3) is 0 Å². The number of nitrogens with zero attached hydrogens (tertiary/aromatic N) is 2. The van der Waals surface area contributed by atoms with E-state index in [1.807, 2.05) is 18.2 Å². The third-order valence-electron chi connectivity index (χ3n) is 2.81. The molecule has 0 spiro atoms. The number of hydrogen-bond acceptors (Lipinski definition) is 1. The molecule has 1 aromatic carbocycles. The summed E-state index contributed by atoms with van der Waals surface area (Å²) in [5.41, 5.74) is 2.46. The molecular formula is C16H19IN2. The van der Waals surface area contributed by atoms with Crippen LogP contribution in [0.2, 0.25) is 0 Å². The standard InChI is InChI=1S/C16H19N2.HI/c1-17(2)16-10-8-15(9-11-16)7-6-14-18-12-4-3-5-13-18;/h3-13H,14H2,1-2H3;1H/q+1;/p-1. The van der Waals surface area contributed by atoms with Gasteiger partial charge in [0.1, 0.15) is 0 Å². The van der Waals surface area contributed by atoms with Gasteiger partial charge < -0.3 is 28.9 Å². The number of hydrogen-bond donors (Lipinski definition) is 0. The molecule has 3 heteroatoms. The van der Waals surface area contributed by atoms with E-state index in [1.54, 1.807) is 0 Å². The topological polar surface area (TPSA) is 7.12 Å². The summed E-state index contributed by atoms with van der Waals surface area (Å²) < 4.78 is 2.14. The van der Waals surface area contributed by atoms with E-state index >= 15 is 0 Å². The summed E-state index contributed by atoms with van der Waals surface area (Å²) >= 11 is 0. The van der Waals surface area contributed by atoms with E-state index in [2.05, 4.69) is 72.4 Å². The smallest absolute Gasteiger partial charge is 0.169 e. The number of allylic oxidation sites excluding steroid dienone is 1. The summed E-state index contributed by atoms with van der Waals surface area (Å²) in [5.74, 6) is 0. The van der Waals surface area contributed by atoms with Gasteiger partial charge in [-0.25, -0.2) is 4.57 Å². The largest absolute Gasteiger partial charge is 1.00 e. The van der Waals surface area contributed by atoms with Crippen LogP contribution in [0.15, 0.2) is 60.9 Å². The lowest BCUT2D eigenvalue weighted by Gasteiger charge is -2.11. The Balaban J connectivity index is 0.00000180. The van der Waals surface area contributed by atoms with E-state index in [1.165, 1.54) is 11.3 Å². The molecule has 2 nitrogen and oxygen atoms in total. The lowest BCUT2D eigenvalue weighted by Crippen LogP contribution is -3.00. The van der Waals surface area contributed by atoms with Crippen LogP contribution in [0.5, 0.6) is 0 Å². The molecule has 0 aliphatic rings. The van der Waals surface area contributed by atoms with E-state index in [4.69, 9.17) is 0 Å². The van der Waals surface area contributed by atoms with Crippen molar-refractivity contribution >= 4 is 11.8 Å². The molecule has 0 aliphatic heterocycles. The molecule has 0 bridgehead atoms. The highest BCUT2D eigenvalue weighted by Gasteiger charge is 1.95. The molecule has 1 heterocycles. The predicted molar refractivity (Wildman–Crippen MR) is 76.4 cm³/mol. The number of anilines is 1. The van der Waals surface area contributed by atoms with Crippen LogP contribution in [0.25, 0.3) is 6.08 Å². The van der Waals surface area contributed by atoms with Crippen LogP contribution in [0.3, 0.4) is 0 Å². The van der Waals surface area contributed by atoms with Crippen LogP contribution in [-0.2, 0) is 6.54 Å². The summed E-state index contributed by atoms with van der Waals surface area (Å²) in [6.45, 7) is 0.899. The SMILES string of the molecule is CN(C)c1ccc(C=CC[n+]2ccccc2)cc1.[I-]. The van der Waals surface area contributed by atoms with Gasteiger partial charge in [0.2, 0.25) is 0 Å². The Morgan fingerprint density at radius 1 is 1.00 bits per heavy atom. The molecule has 2 rings (SSSR count). The van der Waals surface area contributed by atoms with Crippen molar-refractivity contribution in [1.82, 2.24) is 0 Å². The minimum atomic E-state index is 0. The highest BCUT2D eigenvalue weighted by atomic mass is 127. The zero-order valence-electron chi connectivity index (χ0n) is 11.3. The number of halogens is 1. The van der Waals surface area contributed by atoms with Crippen molar-refractivity contribution in [1.29, 1.82) is 0 Å². The Morgan fingerprint density at radius 3 is 2.21 bits per heavy atom. The molecule has 0 saturated heterocycles. The fourth-order valence-electron chi connectivity index (χ4n) is 1.75. The quantitative estimate of drug-likeness (QED) is 0.535. The fourth-order valence-corrected chi connectivity index (χ4v) is 1.75. The van der Waals surface area contributed by atoms with Gasteiger partial charge in [-0.2, -0.15) is 0 Å². The normalized spacial score (nSPS) is 10.2. The summed E-state index contributed by atoms with van der Waals surface area (Å²) in [4.78, 5) is 2.10. The summed E-state index contributed by atoms with van der Waals surface area (Å²) in [7, 11) is 4.10. The first-order chi connectivity index (χ1) is 8.75. The molecule has 0 saturated carbocycles. The second-order valence-corrected chi connectivity index (χ2v) is 4.46. The van der Waals surface area contributed by atoms with Gasteiger partial charge in [0, 0.05) is 31.9 Å². The maximum Gasteiger partial charge on any atom is 0.169 e. The van der Waals surface area contributed by atoms with Gasteiger partial charge in [-0.3, -0.25) is 0 Å². The van der Waals surface area contributed by atoms with E-state index in [0.29, 0.717) is 0 Å². The molecule has 0 radical (unpaired) electrons. The Labute approximate surface area is 132 Å². The third-order valence-corrected chi connectivity index (χ3v) is 2.81. The molecule has 0 atom stereocenters. The molecule has 19 heavy (non-hydrogen) atoms. The summed E-state index contributed by atoms with van der Waals surface area (Å²) in [6, 6.07) is 14.7. The van der Waals surface area contributed by atoms with E-state index in [-0.39, 0.29) is 24.0 Å². The maximum atomic E-state index is 2.17. The molecule has 1 aromatic heterocycles. The van der Waals surface area contributed by atoms with Crippen LogP contribution in [0.4, 0.5) is 5.69 Å². The second kappa shape index (κ2) is 7.94. The second-order valence-electron chi connectivity index (χ2n) is 4.46. The molecule has 0 fully saturated rings. The minimum absolute atomic E-state index is 0. The molecule has 2 aromatic rings. The Hall–Kier alpha value is -1.36. The molecule has 0 unspecified atom stereocenters. The zero-order valence-corrected chi connectivity index (χ0v) is 13.5. The van der Waals surface area contributed by atoms with Gasteiger partial charge in [-0.05, 0) is 23.8 Å². The van der Waals surface area contributed by atoms with Crippen LogP contribution in [-0.4, -0.2) is 14.1 Å². The molecule has 100 valence electrons. The van der Waals surface area contributed by atoms with Gasteiger partial charge >= 0.3 is 0 Å². The number of aromatic nitrogens is 1. The van der Waals surface area contributed by atoms with E-state index < -0.39 is 0 Å². The average Bonchev–Trinajstić information content (AvgIpc) is 2.40. The number of pyridine rings is 1. The highest BCUT2D eigenvalue weighted by molar-refractivity contribution is 5.55. The minimum Gasteiger partial charge on any atom is -1.00 e. The first kappa shape index (κ1) is 15.7. The maximum absolute atomic E-state index is 2.17. The first-order valence-electron chi connectivity index (χ1n) is 6.14. The van der Waals surface area contributed by atoms with Gasteiger partial charge in [-0.1, -0.05) is 24.3 Å². The Morgan fingerprint density at radius 2 is 1.63 bits per heavy atom. The van der Waals surface area contributed by atoms with Gasteiger partial charge in [0.15, 0.2) is 18.9 Å². The van der Waals surface area contributed by atoms with E-state index in [0.717, 1.165) is 6.54 Å². The summed E-state index contributed by atoms with van der Waals surface area (Å²) in [5, 5.41) is 0. The predicted octanol–water partition coefficient (Wildman–Crippen LogP) is -0.242. The molecule has 0 aliphatic carbocycles. The van der Waals surface area contributed by atoms with Gasteiger partial charge in [-0.15, -0.1) is 0 Å². The average molecular weight is 366 g/mol. The zero-order chi connectivity index (χ0) is 12.8. The lowest BCUT2D eigenvalue weighted by atomic mass is 10.2. The van der Waals surface area contributed by atoms with Crippen molar-refractivity contribution in [3.8, 4) is 0 Å². The van der Waals surface area contributed by atoms with Crippen molar-refractivity contribution in [3.05, 3.63) is 66.5 Å². The van der Waals surface area contributed by atoms with Gasteiger partial charge in [0.05, 0.1) is 0 Å². The van der Waals surface area contributed by atoms with E-state index in [9.17, 15) is 0 Å². The van der Waals surface area contributed by atoms with Crippen LogP contribution in [0.1, 0.15) is 5.56 Å².